The van der Waals surface area contributed by atoms with Gasteiger partial charge in [-0.1, -0.05) is 302 Å². The number of aromatic nitrogens is 1. The molecule has 0 amide bonds. The normalized spacial score (nSPS) is 12.4. The van der Waals surface area contributed by atoms with Crippen LogP contribution in [0.15, 0.2) is 304 Å². The minimum absolute atomic E-state index is 0.110. The fourth-order valence-electron chi connectivity index (χ4n) is 8.31. The highest BCUT2D eigenvalue weighted by Gasteiger charge is 2.71. The smallest absolute Gasteiger partial charge is 0.430 e. The van der Waals surface area contributed by atoms with Crippen LogP contribution < -0.4 is 0 Å². The van der Waals surface area contributed by atoms with Crippen molar-refractivity contribution >= 4 is 11.8 Å². The summed E-state index contributed by atoms with van der Waals surface area (Å²) in [7, 11) is 1.37. The average Bonchev–Trinajstić information content (AvgIpc) is 1.01. The lowest BCUT2D eigenvalue weighted by molar-refractivity contribution is -0.376. The van der Waals surface area contributed by atoms with E-state index in [1.54, 1.807) is 69.6 Å². The van der Waals surface area contributed by atoms with E-state index in [9.17, 15) is 72.5 Å². The summed E-state index contributed by atoms with van der Waals surface area (Å²) < 4.78 is 151. The van der Waals surface area contributed by atoms with Crippen molar-refractivity contribution < 1.29 is 87.4 Å². The largest absolute Gasteiger partial charge is 0.465 e. The molecule has 10 aromatic rings. The number of pyridine rings is 1. The highest BCUT2D eigenvalue weighted by Crippen LogP contribution is 2.50. The molecule has 20 heteroatoms. The molecule has 4 N–H and O–H groups in total. The first-order chi connectivity index (χ1) is 48.6. The molecule has 0 spiro atoms. The van der Waals surface area contributed by atoms with Crippen LogP contribution in [-0.2, 0) is 38.5 Å². The summed E-state index contributed by atoms with van der Waals surface area (Å²) in [6.07, 6.45) is -14.2. The lowest BCUT2D eigenvalue weighted by Gasteiger charge is -2.32. The Balaban J connectivity index is 0.000000395. The Bertz CT molecular complexity index is 3700. The maximum Gasteiger partial charge on any atom is 0.430 e. The maximum atomic E-state index is 12.3. The van der Waals surface area contributed by atoms with E-state index >= 15 is 0 Å². The lowest BCUT2D eigenvalue weighted by Crippen LogP contribution is -2.53. The summed E-state index contributed by atoms with van der Waals surface area (Å²) in [5.41, 5.74) is -3.71. The predicted molar refractivity (Wildman–Crippen MR) is 386 cm³/mol. The second kappa shape index (κ2) is 43.4. The third-order valence-electron chi connectivity index (χ3n) is 14.9. The molecule has 0 aliphatic heterocycles. The highest BCUT2D eigenvalue weighted by atomic mass is 19.4. The van der Waals surface area contributed by atoms with Gasteiger partial charge in [-0.3, -0.25) is 9.78 Å². The Morgan fingerprint density at radius 1 is 0.385 bits per heavy atom. The molecule has 0 saturated heterocycles. The topological polar surface area (TPSA) is 137 Å². The monoisotopic (exact) mass is 1450 g/mol. The summed E-state index contributed by atoms with van der Waals surface area (Å²) >= 11 is 0. The fourth-order valence-corrected chi connectivity index (χ4v) is 8.31. The Kier molecular flexibility index (Phi) is 37.7. The van der Waals surface area contributed by atoms with Crippen LogP contribution >= 0.6 is 0 Å². The minimum atomic E-state index is -5.83. The number of halogens is 12. The first-order valence-electron chi connectivity index (χ1n) is 32.5. The molecular weight excluding hydrogens is 1360 g/mol. The van der Waals surface area contributed by atoms with Gasteiger partial charge in [0.25, 0.3) is 5.60 Å². The van der Waals surface area contributed by atoms with E-state index in [0.29, 0.717) is 23.1 Å². The molecule has 8 nitrogen and oxygen atoms in total. The number of Topliss-reactive ketones (excluding diaryl/α,β-unsaturated/α-hetero) is 1. The quantitative estimate of drug-likeness (QED) is 0.0671. The number of esters is 1. The van der Waals surface area contributed by atoms with E-state index in [1.165, 1.54) is 79.1 Å². The van der Waals surface area contributed by atoms with Crippen LogP contribution in [0, 0.1) is 0 Å². The zero-order valence-corrected chi connectivity index (χ0v) is 59.6. The number of nitrogens with zero attached hydrogens (tertiary/aromatic N) is 1. The summed E-state index contributed by atoms with van der Waals surface area (Å²) in [5.74, 6) is 0.738. The number of hydrogen-bond donors (Lipinski definition) is 4. The van der Waals surface area contributed by atoms with Crippen molar-refractivity contribution in [3.8, 4) is 0 Å². The zero-order chi connectivity index (χ0) is 78.3. The van der Waals surface area contributed by atoms with Gasteiger partial charge in [-0.25, -0.2) is 4.79 Å². The van der Waals surface area contributed by atoms with Crippen molar-refractivity contribution in [2.75, 3.05) is 13.7 Å². The van der Waals surface area contributed by atoms with Gasteiger partial charge in [-0.05, 0) is 104 Å². The summed E-state index contributed by atoms with van der Waals surface area (Å²) in [6.45, 7) is 16.8. The van der Waals surface area contributed by atoms with Crippen molar-refractivity contribution in [3.05, 3.63) is 354 Å². The van der Waals surface area contributed by atoms with Crippen molar-refractivity contribution in [2.24, 2.45) is 0 Å². The number of ether oxygens (including phenoxy) is 1. The van der Waals surface area contributed by atoms with Gasteiger partial charge in [0, 0.05) is 28.9 Å². The van der Waals surface area contributed by atoms with Crippen molar-refractivity contribution in [2.45, 2.75) is 133 Å². The van der Waals surface area contributed by atoms with E-state index in [0.717, 1.165) is 48.2 Å². The molecule has 558 valence electrons. The van der Waals surface area contributed by atoms with Crippen LogP contribution in [0.3, 0.4) is 0 Å². The van der Waals surface area contributed by atoms with E-state index < -0.39 is 52.6 Å². The number of ketones is 1. The first-order valence-corrected chi connectivity index (χ1v) is 32.5. The molecule has 1 atom stereocenters. The molecule has 1 aliphatic carbocycles. The molecule has 0 bridgehead atoms. The molecule has 9 aromatic carbocycles. The standard InChI is InChI=1S/C10H14O.C10H14.C9H6F6O.C9H9F3O.C9H12O.C9H10.C8H8O2.C8H8O.C7H5F3.C5H5N/c1-10(2,8-11)9-6-4-3-5-7-9;1-10(2,3)9-7-5-4-6-8-9;10-8(11,12)7(16,9(13,14)15)6-4-2-1-3-5-6;1-8(13,9(10,11)12)7-5-3-2-4-6-7;1-9(2,10)8-6-4-3-5-7-8;1-2-4-8(5-3-1)9-6-7-9;1-10-8(9)7-5-3-2-4-6-7;1-7(9)8-5-3-2-4-6-8;8-7(9,10)6-4-2-1-3-5-6;1-2-4-6-5-3-1/h3-7,11H,8H2,1-2H3;4-8H,1-3H3;1-5,16H;2-6,13H,1H3;3-7,10H,1-2H3;1-5,9H,6-7H2;2-6H,1H3;2-6H,1H3;1-5H;1-5H. The SMILES string of the molecule is CC(=O)c1ccccc1.CC(C)(C)c1ccccc1.CC(C)(CO)c1ccccc1.CC(C)(O)c1ccccc1.CC(O)(c1ccccc1)C(F)(F)F.COC(=O)c1ccccc1.FC(F)(F)c1ccccc1.OC(c1ccccc1)(C(F)(F)F)C(F)(F)F.c1ccc(C2CC2)cc1.c1ccncc1. The Morgan fingerprint density at radius 3 is 0.913 bits per heavy atom. The van der Waals surface area contributed by atoms with Crippen LogP contribution in [-0.4, -0.2) is 69.4 Å². The summed E-state index contributed by atoms with van der Waals surface area (Å²) in [6, 6.07) is 82.5. The van der Waals surface area contributed by atoms with E-state index in [2.05, 4.69) is 91.2 Å². The van der Waals surface area contributed by atoms with Crippen molar-refractivity contribution in [1.82, 2.24) is 4.98 Å². The second-order valence-corrected chi connectivity index (χ2v) is 25.3. The molecular formula is C84H91F12NO7. The van der Waals surface area contributed by atoms with Gasteiger partial charge in [0.15, 0.2) is 11.4 Å². The van der Waals surface area contributed by atoms with Gasteiger partial charge >= 0.3 is 30.7 Å². The van der Waals surface area contributed by atoms with Gasteiger partial charge < -0.3 is 25.2 Å². The number of aliphatic hydroxyl groups excluding tert-OH is 1. The molecule has 1 saturated carbocycles. The van der Waals surface area contributed by atoms with Crippen LogP contribution in [0.2, 0.25) is 0 Å². The molecule has 0 radical (unpaired) electrons. The van der Waals surface area contributed by atoms with Gasteiger partial charge in [0.1, 0.15) is 0 Å². The Labute approximate surface area is 602 Å². The van der Waals surface area contributed by atoms with Crippen LogP contribution in [0.1, 0.15) is 141 Å². The Hall–Kier alpha value is -9.73. The van der Waals surface area contributed by atoms with E-state index in [4.69, 9.17) is 10.2 Å². The van der Waals surface area contributed by atoms with Gasteiger partial charge in [-0.2, -0.15) is 52.7 Å². The molecule has 104 heavy (non-hydrogen) atoms. The number of aliphatic hydroxyl groups is 4. The third kappa shape index (κ3) is 33.6. The minimum Gasteiger partial charge on any atom is -0.465 e. The predicted octanol–water partition coefficient (Wildman–Crippen LogP) is 22.0. The molecule has 1 aromatic heterocycles. The summed E-state index contributed by atoms with van der Waals surface area (Å²) in [4.78, 5) is 25.2. The van der Waals surface area contributed by atoms with Crippen LogP contribution in [0.5, 0.6) is 0 Å². The van der Waals surface area contributed by atoms with E-state index in [1.807, 2.05) is 129 Å². The molecule has 1 heterocycles. The number of methoxy groups -OCH3 is 1. The van der Waals surface area contributed by atoms with Crippen LogP contribution in [0.4, 0.5) is 52.7 Å². The number of carbonyl (C=O) groups is 2. The maximum absolute atomic E-state index is 12.3. The van der Waals surface area contributed by atoms with Crippen LogP contribution in [0.25, 0.3) is 0 Å². The molecule has 1 aliphatic rings. The number of alkyl halides is 12. The number of rotatable bonds is 8. The Morgan fingerprint density at radius 2 is 0.683 bits per heavy atom. The van der Waals surface area contributed by atoms with Gasteiger partial charge in [0.2, 0.25) is 0 Å². The lowest BCUT2D eigenvalue weighted by atomic mass is 9.86. The molecule has 1 unspecified atom stereocenters. The number of hydrogen-bond acceptors (Lipinski definition) is 8. The number of benzene rings is 9. The number of carbonyl (C=O) groups excluding carboxylic acids is 2. The van der Waals surface area contributed by atoms with Crippen molar-refractivity contribution in [3.63, 3.8) is 0 Å². The average molecular weight is 1450 g/mol. The van der Waals surface area contributed by atoms with E-state index in [-0.39, 0.29) is 29.3 Å². The second-order valence-electron chi connectivity index (χ2n) is 25.3. The van der Waals surface area contributed by atoms with Gasteiger partial charge in [-0.15, -0.1) is 0 Å². The van der Waals surface area contributed by atoms with Gasteiger partial charge in [0.05, 0.1) is 30.4 Å². The summed E-state index contributed by atoms with van der Waals surface area (Å²) in [5, 5.41) is 36.6. The van der Waals surface area contributed by atoms with Crippen molar-refractivity contribution in [1.29, 1.82) is 0 Å². The highest BCUT2D eigenvalue weighted by molar-refractivity contribution is 5.93. The first kappa shape index (κ1) is 90.4. The molecule has 11 rings (SSSR count). The zero-order valence-electron chi connectivity index (χ0n) is 59.6. The third-order valence-corrected chi connectivity index (χ3v) is 14.9. The fraction of sp³-hybridized carbons (Fsp3) is 0.274. The molecule has 1 fully saturated rings.